The van der Waals surface area contributed by atoms with E-state index < -0.39 is 0 Å². The molecule has 1 heterocycles. The summed E-state index contributed by atoms with van der Waals surface area (Å²) in [7, 11) is 0. The molecule has 0 atom stereocenters. The number of nitrogens with one attached hydrogen (secondary N) is 1. The van der Waals surface area contributed by atoms with Gasteiger partial charge in [-0.15, -0.1) is 12.4 Å². The molecule has 0 unspecified atom stereocenters. The van der Waals surface area contributed by atoms with E-state index in [0.717, 1.165) is 0 Å². The van der Waals surface area contributed by atoms with Crippen LogP contribution in [0.4, 0.5) is 5.95 Å². The number of hydrogen-bond donors (Lipinski definition) is 2. The van der Waals surface area contributed by atoms with Gasteiger partial charge in [0.15, 0.2) is 5.95 Å². The smallest absolute Gasteiger partial charge is 0.197 e. The molecule has 0 spiro atoms. The minimum absolute atomic E-state index is 0. The highest BCUT2D eigenvalue weighted by molar-refractivity contribution is 5.85. The second-order valence-electron chi connectivity index (χ2n) is 3.21. The molecule has 1 aromatic rings. The van der Waals surface area contributed by atoms with Gasteiger partial charge in [-0.2, -0.15) is 0 Å². The van der Waals surface area contributed by atoms with Crippen LogP contribution in [0.15, 0.2) is 6.20 Å². The van der Waals surface area contributed by atoms with E-state index in [2.05, 4.69) is 9.97 Å². The van der Waals surface area contributed by atoms with E-state index in [0.29, 0.717) is 11.9 Å². The Kier molecular flexibility index (Phi) is 2.98. The van der Waals surface area contributed by atoms with Gasteiger partial charge in [0.2, 0.25) is 0 Å². The highest BCUT2D eigenvalue weighted by Gasteiger charge is 2.18. The standard InChI is InChI=1S/C8H13N3.ClH/c9-8-10-5-7(11-8)6-3-1-2-4-6;/h5-6H,1-4H2,(H3,9,10,11);1H. The van der Waals surface area contributed by atoms with Crippen molar-refractivity contribution < 1.29 is 0 Å². The van der Waals surface area contributed by atoms with Gasteiger partial charge in [0, 0.05) is 11.6 Å². The van der Waals surface area contributed by atoms with Crippen LogP contribution in [0, 0.1) is 0 Å². The lowest BCUT2D eigenvalue weighted by molar-refractivity contribution is 0.703. The quantitative estimate of drug-likeness (QED) is 0.707. The molecule has 1 fully saturated rings. The van der Waals surface area contributed by atoms with Crippen LogP contribution < -0.4 is 5.73 Å². The third-order valence-electron chi connectivity index (χ3n) is 2.41. The summed E-state index contributed by atoms with van der Waals surface area (Å²) in [4.78, 5) is 7.07. The Bertz CT molecular complexity index is 240. The van der Waals surface area contributed by atoms with E-state index in [9.17, 15) is 0 Å². The zero-order valence-electron chi connectivity index (χ0n) is 6.92. The summed E-state index contributed by atoms with van der Waals surface area (Å²) in [5.41, 5.74) is 6.70. The fourth-order valence-electron chi connectivity index (χ4n) is 1.80. The average Bonchev–Trinajstić information content (AvgIpc) is 2.55. The van der Waals surface area contributed by atoms with Gasteiger partial charge in [0.05, 0.1) is 6.20 Å². The summed E-state index contributed by atoms with van der Waals surface area (Å²) in [6.07, 6.45) is 7.15. The summed E-state index contributed by atoms with van der Waals surface area (Å²) in [5.74, 6) is 1.24. The summed E-state index contributed by atoms with van der Waals surface area (Å²) >= 11 is 0. The maximum absolute atomic E-state index is 5.48. The molecular weight excluding hydrogens is 174 g/mol. The number of rotatable bonds is 1. The van der Waals surface area contributed by atoms with Crippen LogP contribution in [0.1, 0.15) is 37.3 Å². The first-order valence-corrected chi connectivity index (χ1v) is 4.16. The molecule has 1 saturated carbocycles. The normalized spacial score (nSPS) is 17.7. The van der Waals surface area contributed by atoms with Gasteiger partial charge in [-0.05, 0) is 12.8 Å². The predicted molar refractivity (Wildman–Crippen MR) is 51.5 cm³/mol. The molecule has 0 aliphatic heterocycles. The predicted octanol–water partition coefficient (Wildman–Crippen LogP) is 2.07. The fourth-order valence-corrected chi connectivity index (χ4v) is 1.80. The summed E-state index contributed by atoms with van der Waals surface area (Å²) in [6.45, 7) is 0. The zero-order chi connectivity index (χ0) is 7.68. The number of halogens is 1. The molecular formula is C8H14ClN3. The van der Waals surface area contributed by atoms with Crippen molar-refractivity contribution in [1.82, 2.24) is 9.97 Å². The Hall–Kier alpha value is -0.700. The van der Waals surface area contributed by atoms with Gasteiger partial charge in [-0.3, -0.25) is 0 Å². The van der Waals surface area contributed by atoms with E-state index in [4.69, 9.17) is 5.73 Å². The largest absolute Gasteiger partial charge is 0.369 e. The topological polar surface area (TPSA) is 54.7 Å². The number of imidazole rings is 1. The molecule has 2 rings (SSSR count). The fraction of sp³-hybridized carbons (Fsp3) is 0.625. The van der Waals surface area contributed by atoms with E-state index in [-0.39, 0.29) is 12.4 Å². The van der Waals surface area contributed by atoms with E-state index >= 15 is 0 Å². The Morgan fingerprint density at radius 1 is 1.42 bits per heavy atom. The number of anilines is 1. The van der Waals surface area contributed by atoms with Crippen molar-refractivity contribution in [3.63, 3.8) is 0 Å². The first-order chi connectivity index (χ1) is 5.36. The Morgan fingerprint density at radius 2 is 2.08 bits per heavy atom. The van der Waals surface area contributed by atoms with Crippen LogP contribution >= 0.6 is 12.4 Å². The van der Waals surface area contributed by atoms with Crippen molar-refractivity contribution in [2.24, 2.45) is 0 Å². The molecule has 3 N–H and O–H groups in total. The first-order valence-electron chi connectivity index (χ1n) is 4.16. The van der Waals surface area contributed by atoms with Crippen LogP contribution in [0.3, 0.4) is 0 Å². The summed E-state index contributed by atoms with van der Waals surface area (Å²) < 4.78 is 0. The van der Waals surface area contributed by atoms with E-state index in [1.165, 1.54) is 31.4 Å². The van der Waals surface area contributed by atoms with Crippen molar-refractivity contribution in [2.45, 2.75) is 31.6 Å². The van der Waals surface area contributed by atoms with Crippen LogP contribution in [0.2, 0.25) is 0 Å². The molecule has 0 amide bonds. The molecule has 3 nitrogen and oxygen atoms in total. The van der Waals surface area contributed by atoms with Crippen LogP contribution in [0.25, 0.3) is 0 Å². The van der Waals surface area contributed by atoms with Gasteiger partial charge in [-0.25, -0.2) is 4.98 Å². The lowest BCUT2D eigenvalue weighted by Crippen LogP contribution is -1.92. The number of nitrogens with zero attached hydrogens (tertiary/aromatic N) is 1. The van der Waals surface area contributed by atoms with Crippen molar-refractivity contribution in [2.75, 3.05) is 5.73 Å². The highest BCUT2D eigenvalue weighted by Crippen LogP contribution is 2.32. The van der Waals surface area contributed by atoms with Crippen molar-refractivity contribution in [3.05, 3.63) is 11.9 Å². The average molecular weight is 188 g/mol. The third kappa shape index (κ3) is 1.72. The van der Waals surface area contributed by atoms with Gasteiger partial charge in [0.1, 0.15) is 0 Å². The molecule has 1 aliphatic rings. The van der Waals surface area contributed by atoms with Crippen molar-refractivity contribution >= 4 is 18.4 Å². The minimum Gasteiger partial charge on any atom is -0.369 e. The summed E-state index contributed by atoms with van der Waals surface area (Å²) in [5, 5.41) is 0. The first kappa shape index (κ1) is 9.39. The number of H-pyrrole nitrogens is 1. The van der Waals surface area contributed by atoms with Crippen molar-refractivity contribution in [1.29, 1.82) is 0 Å². The molecule has 0 aromatic carbocycles. The Labute approximate surface area is 78.2 Å². The SMILES string of the molecule is Cl.Nc1ncc(C2CCCC2)[nH]1. The second-order valence-corrected chi connectivity index (χ2v) is 3.21. The minimum atomic E-state index is 0. The van der Waals surface area contributed by atoms with E-state index in [1.54, 1.807) is 0 Å². The number of hydrogen-bond acceptors (Lipinski definition) is 2. The number of aromatic amines is 1. The van der Waals surface area contributed by atoms with Gasteiger partial charge < -0.3 is 10.7 Å². The number of aromatic nitrogens is 2. The van der Waals surface area contributed by atoms with Gasteiger partial charge in [0.25, 0.3) is 0 Å². The number of nitrogen functional groups attached to an aromatic ring is 1. The monoisotopic (exact) mass is 187 g/mol. The van der Waals surface area contributed by atoms with Crippen molar-refractivity contribution in [3.8, 4) is 0 Å². The Morgan fingerprint density at radius 3 is 2.58 bits per heavy atom. The molecule has 0 saturated heterocycles. The second kappa shape index (κ2) is 3.81. The number of nitrogens with two attached hydrogens (primary N) is 1. The molecule has 12 heavy (non-hydrogen) atoms. The molecule has 68 valence electrons. The van der Waals surface area contributed by atoms with E-state index in [1.807, 2.05) is 6.20 Å². The lowest BCUT2D eigenvalue weighted by atomic mass is 10.1. The highest BCUT2D eigenvalue weighted by atomic mass is 35.5. The lowest BCUT2D eigenvalue weighted by Gasteiger charge is -2.03. The summed E-state index contributed by atoms with van der Waals surface area (Å²) in [6, 6.07) is 0. The van der Waals surface area contributed by atoms with Gasteiger partial charge >= 0.3 is 0 Å². The van der Waals surface area contributed by atoms with Gasteiger partial charge in [-0.1, -0.05) is 12.8 Å². The molecule has 0 radical (unpaired) electrons. The maximum atomic E-state index is 5.48. The molecule has 1 aromatic heterocycles. The third-order valence-corrected chi connectivity index (χ3v) is 2.41. The van der Waals surface area contributed by atoms with Crippen LogP contribution in [-0.2, 0) is 0 Å². The van der Waals surface area contributed by atoms with Crippen LogP contribution in [-0.4, -0.2) is 9.97 Å². The molecule has 0 bridgehead atoms. The maximum Gasteiger partial charge on any atom is 0.197 e. The Balaban J connectivity index is 0.000000720. The molecule has 4 heteroatoms. The zero-order valence-corrected chi connectivity index (χ0v) is 7.73. The van der Waals surface area contributed by atoms with Crippen LogP contribution in [0.5, 0.6) is 0 Å². The molecule has 1 aliphatic carbocycles.